The average Bonchev–Trinajstić information content (AvgIpc) is 2.70. The summed E-state index contributed by atoms with van der Waals surface area (Å²) in [6.07, 6.45) is 3.08. The molecule has 0 aliphatic heterocycles. The van der Waals surface area contributed by atoms with Gasteiger partial charge in [0.15, 0.2) is 0 Å². The first-order chi connectivity index (χ1) is 8.08. The molecule has 0 bridgehead atoms. The summed E-state index contributed by atoms with van der Waals surface area (Å²) in [6, 6.07) is 4.65. The van der Waals surface area contributed by atoms with E-state index >= 15 is 0 Å². The molecule has 0 amide bonds. The number of aliphatic hydroxyl groups excluding tert-OH is 1. The molecule has 0 spiro atoms. The van der Waals surface area contributed by atoms with Crippen LogP contribution in [-0.2, 0) is 6.42 Å². The predicted octanol–water partition coefficient (Wildman–Crippen LogP) is 3.82. The second-order valence-electron chi connectivity index (χ2n) is 5.15. The largest absolute Gasteiger partial charge is 0.392 e. The van der Waals surface area contributed by atoms with Crippen molar-refractivity contribution in [1.29, 1.82) is 0 Å². The Balaban J connectivity index is 2.05. The summed E-state index contributed by atoms with van der Waals surface area (Å²) in [7, 11) is 0. The molecule has 1 aromatic carbocycles. The molecule has 0 radical (unpaired) electrons. The molecular formula is C14H18ClFO. The molecule has 94 valence electrons. The fraction of sp³-hybridized carbons (Fsp3) is 0.571. The highest BCUT2D eigenvalue weighted by molar-refractivity contribution is 6.31. The van der Waals surface area contributed by atoms with Gasteiger partial charge in [-0.05, 0) is 36.8 Å². The summed E-state index contributed by atoms with van der Waals surface area (Å²) in [6.45, 7) is 2.20. The zero-order chi connectivity index (χ0) is 12.4. The minimum absolute atomic E-state index is 0.292. The van der Waals surface area contributed by atoms with Crippen LogP contribution in [0.15, 0.2) is 18.2 Å². The summed E-state index contributed by atoms with van der Waals surface area (Å²) in [5.74, 6) is 0.647. The standard InChI is InChI=1S/C14H18ClFO/c1-9-5-6-10(7-9)14(17)8-11-12(15)3-2-4-13(11)16/h2-4,9-10,14,17H,5-8H2,1H3. The molecule has 1 nitrogen and oxygen atoms in total. The third-order valence-electron chi connectivity index (χ3n) is 3.75. The molecule has 1 fully saturated rings. The quantitative estimate of drug-likeness (QED) is 0.872. The topological polar surface area (TPSA) is 20.2 Å². The van der Waals surface area contributed by atoms with E-state index in [2.05, 4.69) is 6.92 Å². The molecule has 3 heteroatoms. The molecular weight excluding hydrogens is 239 g/mol. The fourth-order valence-electron chi connectivity index (χ4n) is 2.70. The van der Waals surface area contributed by atoms with Gasteiger partial charge in [0, 0.05) is 17.0 Å². The molecule has 1 saturated carbocycles. The Kier molecular flexibility index (Phi) is 4.05. The summed E-state index contributed by atoms with van der Waals surface area (Å²) in [5.41, 5.74) is 0.446. The lowest BCUT2D eigenvalue weighted by molar-refractivity contribution is 0.108. The van der Waals surface area contributed by atoms with Gasteiger partial charge >= 0.3 is 0 Å². The second kappa shape index (κ2) is 5.36. The maximum absolute atomic E-state index is 13.6. The van der Waals surface area contributed by atoms with Crippen molar-refractivity contribution in [1.82, 2.24) is 0 Å². The first-order valence-corrected chi connectivity index (χ1v) is 6.56. The Morgan fingerprint density at radius 1 is 1.47 bits per heavy atom. The monoisotopic (exact) mass is 256 g/mol. The summed E-state index contributed by atoms with van der Waals surface area (Å²) >= 11 is 5.96. The average molecular weight is 257 g/mol. The predicted molar refractivity (Wildman–Crippen MR) is 67.6 cm³/mol. The van der Waals surface area contributed by atoms with E-state index in [0.29, 0.717) is 28.8 Å². The number of halogens is 2. The zero-order valence-electron chi connectivity index (χ0n) is 10.00. The van der Waals surface area contributed by atoms with E-state index in [9.17, 15) is 9.50 Å². The maximum Gasteiger partial charge on any atom is 0.127 e. The van der Waals surface area contributed by atoms with Crippen molar-refractivity contribution in [2.75, 3.05) is 0 Å². The summed E-state index contributed by atoms with van der Waals surface area (Å²) in [4.78, 5) is 0. The van der Waals surface area contributed by atoms with Gasteiger partial charge in [0.1, 0.15) is 5.82 Å². The Bertz CT molecular complexity index is 374. The van der Waals surface area contributed by atoms with Crippen LogP contribution >= 0.6 is 11.6 Å². The van der Waals surface area contributed by atoms with Crippen molar-refractivity contribution in [2.24, 2.45) is 11.8 Å². The fourth-order valence-corrected chi connectivity index (χ4v) is 2.94. The lowest BCUT2D eigenvalue weighted by Gasteiger charge is -2.19. The van der Waals surface area contributed by atoms with E-state index in [-0.39, 0.29) is 5.82 Å². The molecule has 1 aromatic rings. The van der Waals surface area contributed by atoms with Gasteiger partial charge in [-0.2, -0.15) is 0 Å². The number of rotatable bonds is 3. The highest BCUT2D eigenvalue weighted by Crippen LogP contribution is 2.34. The van der Waals surface area contributed by atoms with Crippen molar-refractivity contribution in [3.8, 4) is 0 Å². The molecule has 17 heavy (non-hydrogen) atoms. The van der Waals surface area contributed by atoms with E-state index < -0.39 is 6.10 Å². The molecule has 0 saturated heterocycles. The minimum atomic E-state index is -0.477. The number of hydrogen-bond donors (Lipinski definition) is 1. The summed E-state index contributed by atoms with van der Waals surface area (Å²) in [5, 5.41) is 10.6. The first kappa shape index (κ1) is 12.8. The van der Waals surface area contributed by atoms with Crippen LogP contribution in [-0.4, -0.2) is 11.2 Å². The van der Waals surface area contributed by atoms with Gasteiger partial charge in [-0.1, -0.05) is 31.0 Å². The second-order valence-corrected chi connectivity index (χ2v) is 5.56. The third-order valence-corrected chi connectivity index (χ3v) is 4.11. The Hall–Kier alpha value is -0.600. The van der Waals surface area contributed by atoms with Gasteiger partial charge in [0.2, 0.25) is 0 Å². The van der Waals surface area contributed by atoms with Gasteiger partial charge < -0.3 is 5.11 Å². The van der Waals surface area contributed by atoms with E-state index in [1.165, 1.54) is 6.07 Å². The van der Waals surface area contributed by atoms with Crippen molar-refractivity contribution in [3.63, 3.8) is 0 Å². The van der Waals surface area contributed by atoms with Crippen LogP contribution in [0.3, 0.4) is 0 Å². The van der Waals surface area contributed by atoms with Crippen LogP contribution in [0.5, 0.6) is 0 Å². The molecule has 1 N–H and O–H groups in total. The number of hydrogen-bond acceptors (Lipinski definition) is 1. The SMILES string of the molecule is CC1CCC(C(O)Cc2c(F)cccc2Cl)C1. The lowest BCUT2D eigenvalue weighted by atomic mass is 9.94. The molecule has 0 aromatic heterocycles. The van der Waals surface area contributed by atoms with E-state index in [1.54, 1.807) is 12.1 Å². The van der Waals surface area contributed by atoms with Crippen molar-refractivity contribution in [3.05, 3.63) is 34.6 Å². The minimum Gasteiger partial charge on any atom is -0.392 e. The van der Waals surface area contributed by atoms with Crippen LogP contribution in [0.4, 0.5) is 4.39 Å². The van der Waals surface area contributed by atoms with Gasteiger partial charge in [-0.3, -0.25) is 0 Å². The van der Waals surface area contributed by atoms with Gasteiger partial charge in [0.05, 0.1) is 6.10 Å². The first-order valence-electron chi connectivity index (χ1n) is 6.19. The Morgan fingerprint density at radius 3 is 2.82 bits per heavy atom. The number of benzene rings is 1. The van der Waals surface area contributed by atoms with Crippen LogP contribution in [0.2, 0.25) is 5.02 Å². The van der Waals surface area contributed by atoms with Crippen molar-refractivity contribution < 1.29 is 9.50 Å². The Labute approximate surface area is 107 Å². The molecule has 2 rings (SSSR count). The maximum atomic E-state index is 13.6. The smallest absolute Gasteiger partial charge is 0.127 e. The molecule has 1 aliphatic rings. The highest BCUT2D eigenvalue weighted by atomic mass is 35.5. The normalized spacial score (nSPS) is 26.1. The third kappa shape index (κ3) is 2.99. The van der Waals surface area contributed by atoms with Crippen molar-refractivity contribution in [2.45, 2.75) is 38.7 Å². The van der Waals surface area contributed by atoms with Gasteiger partial charge in [0.25, 0.3) is 0 Å². The van der Waals surface area contributed by atoms with E-state index in [0.717, 1.165) is 19.3 Å². The summed E-state index contributed by atoms with van der Waals surface area (Å²) < 4.78 is 13.6. The van der Waals surface area contributed by atoms with Crippen LogP contribution in [0.25, 0.3) is 0 Å². The highest BCUT2D eigenvalue weighted by Gasteiger charge is 2.28. The Morgan fingerprint density at radius 2 is 2.24 bits per heavy atom. The van der Waals surface area contributed by atoms with Crippen LogP contribution < -0.4 is 0 Å². The van der Waals surface area contributed by atoms with Crippen LogP contribution in [0, 0.1) is 17.7 Å². The van der Waals surface area contributed by atoms with Gasteiger partial charge in [-0.25, -0.2) is 4.39 Å². The van der Waals surface area contributed by atoms with Crippen LogP contribution in [0.1, 0.15) is 31.7 Å². The van der Waals surface area contributed by atoms with Crippen molar-refractivity contribution >= 4 is 11.6 Å². The molecule has 1 aliphatic carbocycles. The number of aliphatic hydroxyl groups is 1. The van der Waals surface area contributed by atoms with E-state index in [1.807, 2.05) is 0 Å². The van der Waals surface area contributed by atoms with Gasteiger partial charge in [-0.15, -0.1) is 0 Å². The molecule has 3 atom stereocenters. The molecule has 3 unspecified atom stereocenters. The van der Waals surface area contributed by atoms with E-state index in [4.69, 9.17) is 11.6 Å². The molecule has 0 heterocycles. The zero-order valence-corrected chi connectivity index (χ0v) is 10.8. The lowest BCUT2D eigenvalue weighted by Crippen LogP contribution is -2.21.